The highest BCUT2D eigenvalue weighted by Gasteiger charge is 2.37. The van der Waals surface area contributed by atoms with Gasteiger partial charge >= 0.3 is 6.18 Å². The van der Waals surface area contributed by atoms with E-state index in [1.165, 1.54) is 25.3 Å². The summed E-state index contributed by atoms with van der Waals surface area (Å²) in [4.78, 5) is 0. The van der Waals surface area contributed by atoms with E-state index >= 15 is 0 Å². The first kappa shape index (κ1) is 12.2. The normalized spacial score (nSPS) is 24.2. The molecule has 5 heteroatoms. The Labute approximate surface area is 97.3 Å². The van der Waals surface area contributed by atoms with Crippen molar-refractivity contribution in [3.8, 4) is 5.75 Å². The van der Waals surface area contributed by atoms with Crippen molar-refractivity contribution in [2.24, 2.45) is 0 Å². The fourth-order valence-electron chi connectivity index (χ4n) is 1.81. The number of benzene rings is 1. The van der Waals surface area contributed by atoms with E-state index in [4.69, 9.17) is 9.47 Å². The molecule has 0 amide bonds. The summed E-state index contributed by atoms with van der Waals surface area (Å²) in [7, 11) is 1.54. The average Bonchev–Trinajstić information content (AvgIpc) is 2.24. The van der Waals surface area contributed by atoms with E-state index in [1.807, 2.05) is 0 Å². The van der Waals surface area contributed by atoms with Gasteiger partial charge in [-0.2, -0.15) is 13.2 Å². The van der Waals surface area contributed by atoms with E-state index in [-0.39, 0.29) is 18.0 Å². The first-order valence-corrected chi connectivity index (χ1v) is 5.38. The molecule has 17 heavy (non-hydrogen) atoms. The molecule has 2 nitrogen and oxygen atoms in total. The first-order chi connectivity index (χ1) is 8.02. The van der Waals surface area contributed by atoms with Gasteiger partial charge in [0.1, 0.15) is 11.9 Å². The standard InChI is InChI=1S/C12H13F3O2/c1-16-10-6-7-11(10)17-9-5-3-2-4-8(9)12(13,14)15/h2-5,10-11H,6-7H2,1H3. The Morgan fingerprint density at radius 1 is 1.12 bits per heavy atom. The van der Waals surface area contributed by atoms with Crippen LogP contribution >= 0.6 is 0 Å². The zero-order valence-electron chi connectivity index (χ0n) is 9.33. The second kappa shape index (κ2) is 4.56. The molecule has 94 valence electrons. The third kappa shape index (κ3) is 2.54. The number of para-hydroxylation sites is 1. The van der Waals surface area contributed by atoms with Crippen LogP contribution < -0.4 is 4.74 Å². The van der Waals surface area contributed by atoms with E-state index in [2.05, 4.69) is 0 Å². The number of ether oxygens (including phenoxy) is 2. The summed E-state index contributed by atoms with van der Waals surface area (Å²) in [5.41, 5.74) is -0.734. The molecule has 1 aliphatic rings. The summed E-state index contributed by atoms with van der Waals surface area (Å²) >= 11 is 0. The van der Waals surface area contributed by atoms with Gasteiger partial charge in [-0.15, -0.1) is 0 Å². The van der Waals surface area contributed by atoms with Gasteiger partial charge in [-0.25, -0.2) is 0 Å². The van der Waals surface area contributed by atoms with Crippen LogP contribution in [0.1, 0.15) is 18.4 Å². The molecule has 0 spiro atoms. The Balaban J connectivity index is 2.16. The minimum atomic E-state index is -4.39. The van der Waals surface area contributed by atoms with Gasteiger partial charge in [0.2, 0.25) is 0 Å². The molecule has 0 bridgehead atoms. The van der Waals surface area contributed by atoms with Crippen molar-refractivity contribution in [3.05, 3.63) is 29.8 Å². The highest BCUT2D eigenvalue weighted by molar-refractivity contribution is 5.35. The highest BCUT2D eigenvalue weighted by atomic mass is 19.4. The lowest BCUT2D eigenvalue weighted by atomic mass is 9.91. The molecule has 2 atom stereocenters. The lowest BCUT2D eigenvalue weighted by Gasteiger charge is -2.35. The predicted molar refractivity (Wildman–Crippen MR) is 55.9 cm³/mol. The molecule has 0 radical (unpaired) electrons. The zero-order chi connectivity index (χ0) is 12.5. The third-order valence-corrected chi connectivity index (χ3v) is 2.92. The fraction of sp³-hybridized carbons (Fsp3) is 0.500. The maximum atomic E-state index is 12.7. The average molecular weight is 246 g/mol. The highest BCUT2D eigenvalue weighted by Crippen LogP contribution is 2.38. The number of alkyl halides is 3. The van der Waals surface area contributed by atoms with Gasteiger partial charge in [-0.3, -0.25) is 0 Å². The zero-order valence-corrected chi connectivity index (χ0v) is 9.33. The molecular formula is C12H13F3O2. The number of hydrogen-bond donors (Lipinski definition) is 0. The van der Waals surface area contributed by atoms with E-state index in [0.29, 0.717) is 0 Å². The summed E-state index contributed by atoms with van der Waals surface area (Å²) in [6, 6.07) is 5.25. The Hall–Kier alpha value is -1.23. The maximum absolute atomic E-state index is 12.7. The van der Waals surface area contributed by atoms with Gasteiger partial charge in [-0.05, 0) is 25.0 Å². The van der Waals surface area contributed by atoms with Crippen LogP contribution in [0.25, 0.3) is 0 Å². The quantitative estimate of drug-likeness (QED) is 0.815. The number of hydrogen-bond acceptors (Lipinski definition) is 2. The monoisotopic (exact) mass is 246 g/mol. The van der Waals surface area contributed by atoms with E-state index in [0.717, 1.165) is 18.9 Å². The minimum absolute atomic E-state index is 0.101. The summed E-state index contributed by atoms with van der Waals surface area (Å²) < 4.78 is 48.5. The van der Waals surface area contributed by atoms with Crippen LogP contribution in [0.15, 0.2) is 24.3 Å². The van der Waals surface area contributed by atoms with Crippen LogP contribution in [0.5, 0.6) is 5.75 Å². The van der Waals surface area contributed by atoms with Gasteiger partial charge in [0.15, 0.2) is 0 Å². The molecule has 1 aromatic carbocycles. The van der Waals surface area contributed by atoms with E-state index in [9.17, 15) is 13.2 Å². The third-order valence-electron chi connectivity index (χ3n) is 2.92. The Bertz CT molecular complexity index is 388. The SMILES string of the molecule is COC1CCC1Oc1ccccc1C(F)(F)F. The smallest absolute Gasteiger partial charge is 0.419 e. The Morgan fingerprint density at radius 2 is 1.76 bits per heavy atom. The van der Waals surface area contributed by atoms with Crippen LogP contribution in [-0.2, 0) is 10.9 Å². The molecule has 1 aromatic rings. The Kier molecular flexibility index (Phi) is 3.28. The molecule has 0 N–H and O–H groups in total. The van der Waals surface area contributed by atoms with Crippen molar-refractivity contribution in [1.29, 1.82) is 0 Å². The van der Waals surface area contributed by atoms with E-state index in [1.54, 1.807) is 0 Å². The van der Waals surface area contributed by atoms with Crippen molar-refractivity contribution in [1.82, 2.24) is 0 Å². The van der Waals surface area contributed by atoms with Crippen LogP contribution in [0.2, 0.25) is 0 Å². The van der Waals surface area contributed by atoms with E-state index < -0.39 is 11.7 Å². The summed E-state index contributed by atoms with van der Waals surface area (Å²) in [5, 5.41) is 0. The molecule has 2 rings (SSSR count). The molecule has 1 aliphatic carbocycles. The molecule has 1 fully saturated rings. The van der Waals surface area contributed by atoms with Gasteiger partial charge in [0.25, 0.3) is 0 Å². The molecule has 0 aliphatic heterocycles. The van der Waals surface area contributed by atoms with Gasteiger partial charge in [0.05, 0.1) is 11.7 Å². The number of methoxy groups -OCH3 is 1. The number of rotatable bonds is 3. The van der Waals surface area contributed by atoms with Crippen molar-refractivity contribution in [2.75, 3.05) is 7.11 Å². The molecule has 2 unspecified atom stereocenters. The molecule has 1 saturated carbocycles. The number of halogens is 3. The lowest BCUT2D eigenvalue weighted by molar-refractivity contribution is -0.141. The first-order valence-electron chi connectivity index (χ1n) is 5.38. The van der Waals surface area contributed by atoms with Crippen LogP contribution in [0.4, 0.5) is 13.2 Å². The Morgan fingerprint density at radius 3 is 2.29 bits per heavy atom. The topological polar surface area (TPSA) is 18.5 Å². The van der Waals surface area contributed by atoms with Crippen LogP contribution in [0.3, 0.4) is 0 Å². The van der Waals surface area contributed by atoms with Crippen molar-refractivity contribution < 1.29 is 22.6 Å². The van der Waals surface area contributed by atoms with Crippen molar-refractivity contribution in [3.63, 3.8) is 0 Å². The minimum Gasteiger partial charge on any atom is -0.487 e. The van der Waals surface area contributed by atoms with Crippen LogP contribution in [0, 0.1) is 0 Å². The van der Waals surface area contributed by atoms with Gasteiger partial charge < -0.3 is 9.47 Å². The van der Waals surface area contributed by atoms with Crippen molar-refractivity contribution in [2.45, 2.75) is 31.2 Å². The van der Waals surface area contributed by atoms with Gasteiger partial charge in [0, 0.05) is 7.11 Å². The summed E-state index contributed by atoms with van der Waals surface area (Å²) in [5.74, 6) is -0.119. The maximum Gasteiger partial charge on any atom is 0.419 e. The lowest BCUT2D eigenvalue weighted by Crippen LogP contribution is -2.43. The van der Waals surface area contributed by atoms with Gasteiger partial charge in [-0.1, -0.05) is 12.1 Å². The molecular weight excluding hydrogens is 233 g/mol. The largest absolute Gasteiger partial charge is 0.487 e. The summed E-state index contributed by atoms with van der Waals surface area (Å²) in [6.45, 7) is 0. The molecule has 0 heterocycles. The second-order valence-electron chi connectivity index (χ2n) is 4.00. The summed E-state index contributed by atoms with van der Waals surface area (Å²) in [6.07, 6.45) is -3.21. The predicted octanol–water partition coefficient (Wildman–Crippen LogP) is 3.26. The molecule has 0 aromatic heterocycles. The second-order valence-corrected chi connectivity index (χ2v) is 4.00. The van der Waals surface area contributed by atoms with Crippen molar-refractivity contribution >= 4 is 0 Å². The molecule has 0 saturated heterocycles. The fourth-order valence-corrected chi connectivity index (χ4v) is 1.81. The van der Waals surface area contributed by atoms with Crippen LogP contribution in [-0.4, -0.2) is 19.3 Å².